The first-order chi connectivity index (χ1) is 10.0. The Bertz CT molecular complexity index is 513. The molecule has 0 bridgehead atoms. The lowest BCUT2D eigenvalue weighted by atomic mass is 9.79. The summed E-state index contributed by atoms with van der Waals surface area (Å²) < 4.78 is 0. The third-order valence-electron chi connectivity index (χ3n) is 4.93. The topological polar surface area (TPSA) is 70.6 Å². The molecule has 0 heterocycles. The van der Waals surface area contributed by atoms with Gasteiger partial charge in [0.15, 0.2) is 5.84 Å². The van der Waals surface area contributed by atoms with E-state index in [-0.39, 0.29) is 5.84 Å². The predicted octanol–water partition coefficient (Wildman–Crippen LogP) is 3.00. The molecule has 116 valence electrons. The van der Waals surface area contributed by atoms with Crippen LogP contribution in [0.15, 0.2) is 23.4 Å². The molecular weight excluding hydrogens is 262 g/mol. The number of nitrogens with zero attached hydrogens (tertiary/aromatic N) is 1. The maximum Gasteiger partial charge on any atom is 0.170 e. The SMILES string of the molecule is Cc1cc(/C(N)=N/O)ccc1CNC1CCC(C)C(C)C1. The summed E-state index contributed by atoms with van der Waals surface area (Å²) in [5, 5.41) is 15.4. The standard InChI is InChI=1S/C17H27N3O/c1-11-4-7-16(9-12(11)2)19-10-15-6-5-14(8-13(15)3)17(18)20-21/h5-6,8,11-12,16,19,21H,4,7,9-10H2,1-3H3,(H2,18,20). The zero-order chi connectivity index (χ0) is 15.4. The highest BCUT2D eigenvalue weighted by Gasteiger charge is 2.24. The number of nitrogens with two attached hydrogens (primary N) is 1. The molecule has 4 heteroatoms. The third-order valence-corrected chi connectivity index (χ3v) is 4.93. The van der Waals surface area contributed by atoms with Crippen LogP contribution in [0.2, 0.25) is 0 Å². The van der Waals surface area contributed by atoms with E-state index in [2.05, 4.69) is 37.3 Å². The summed E-state index contributed by atoms with van der Waals surface area (Å²) in [6.07, 6.45) is 3.86. The predicted molar refractivity (Wildman–Crippen MR) is 86.5 cm³/mol. The molecule has 0 spiro atoms. The lowest BCUT2D eigenvalue weighted by Crippen LogP contribution is -2.35. The third kappa shape index (κ3) is 3.97. The van der Waals surface area contributed by atoms with E-state index in [0.717, 1.165) is 23.9 Å². The second-order valence-corrected chi connectivity index (χ2v) is 6.47. The van der Waals surface area contributed by atoms with E-state index >= 15 is 0 Å². The first-order valence-electron chi connectivity index (χ1n) is 7.82. The number of amidine groups is 1. The number of benzene rings is 1. The van der Waals surface area contributed by atoms with Crippen LogP contribution in [-0.2, 0) is 6.54 Å². The number of rotatable bonds is 4. The van der Waals surface area contributed by atoms with E-state index in [9.17, 15) is 0 Å². The van der Waals surface area contributed by atoms with Crippen molar-refractivity contribution in [3.63, 3.8) is 0 Å². The van der Waals surface area contributed by atoms with Crippen molar-refractivity contribution in [3.8, 4) is 0 Å². The molecule has 0 saturated heterocycles. The van der Waals surface area contributed by atoms with Crippen LogP contribution in [0.25, 0.3) is 0 Å². The molecule has 21 heavy (non-hydrogen) atoms. The molecule has 4 N–H and O–H groups in total. The van der Waals surface area contributed by atoms with Crippen LogP contribution < -0.4 is 11.1 Å². The van der Waals surface area contributed by atoms with Gasteiger partial charge >= 0.3 is 0 Å². The van der Waals surface area contributed by atoms with Crippen LogP contribution in [0.1, 0.15) is 49.8 Å². The number of nitrogens with one attached hydrogen (secondary N) is 1. The van der Waals surface area contributed by atoms with E-state index in [1.807, 2.05) is 12.1 Å². The Morgan fingerprint density at radius 1 is 1.33 bits per heavy atom. The zero-order valence-electron chi connectivity index (χ0n) is 13.3. The summed E-state index contributed by atoms with van der Waals surface area (Å²) in [5.41, 5.74) is 8.82. The molecule has 0 radical (unpaired) electrons. The smallest absolute Gasteiger partial charge is 0.170 e. The minimum Gasteiger partial charge on any atom is -0.409 e. The number of aryl methyl sites for hydroxylation is 1. The molecule has 0 aromatic heterocycles. The van der Waals surface area contributed by atoms with Crippen LogP contribution in [0.5, 0.6) is 0 Å². The summed E-state index contributed by atoms with van der Waals surface area (Å²) in [5.74, 6) is 1.82. The molecule has 1 fully saturated rings. The fourth-order valence-corrected chi connectivity index (χ4v) is 3.10. The van der Waals surface area contributed by atoms with Gasteiger partial charge in [-0.2, -0.15) is 0 Å². The van der Waals surface area contributed by atoms with Gasteiger partial charge in [-0.15, -0.1) is 0 Å². The van der Waals surface area contributed by atoms with Gasteiger partial charge in [0.25, 0.3) is 0 Å². The number of hydrogen-bond acceptors (Lipinski definition) is 3. The average molecular weight is 289 g/mol. The molecule has 1 aliphatic carbocycles. The lowest BCUT2D eigenvalue weighted by molar-refractivity contribution is 0.225. The van der Waals surface area contributed by atoms with Crippen LogP contribution >= 0.6 is 0 Å². The van der Waals surface area contributed by atoms with Gasteiger partial charge in [-0.1, -0.05) is 31.1 Å². The highest BCUT2D eigenvalue weighted by atomic mass is 16.4. The quantitative estimate of drug-likeness (QED) is 0.345. The Labute approximate surface area is 127 Å². The molecule has 3 unspecified atom stereocenters. The second kappa shape index (κ2) is 6.94. The van der Waals surface area contributed by atoms with E-state index in [1.165, 1.54) is 30.4 Å². The van der Waals surface area contributed by atoms with Crippen molar-refractivity contribution in [2.75, 3.05) is 0 Å². The van der Waals surface area contributed by atoms with Gasteiger partial charge < -0.3 is 16.3 Å². The normalized spacial score (nSPS) is 26.8. The Morgan fingerprint density at radius 3 is 2.71 bits per heavy atom. The minimum absolute atomic E-state index is 0.160. The maximum absolute atomic E-state index is 8.72. The molecule has 4 nitrogen and oxygen atoms in total. The highest BCUT2D eigenvalue weighted by Crippen LogP contribution is 2.29. The maximum atomic E-state index is 8.72. The van der Waals surface area contributed by atoms with Crippen molar-refractivity contribution >= 4 is 5.84 Å². The van der Waals surface area contributed by atoms with Crippen molar-refractivity contribution in [1.82, 2.24) is 5.32 Å². The van der Waals surface area contributed by atoms with Crippen LogP contribution in [0.4, 0.5) is 0 Å². The molecule has 1 aromatic rings. The van der Waals surface area contributed by atoms with E-state index in [0.29, 0.717) is 6.04 Å². The van der Waals surface area contributed by atoms with Gasteiger partial charge in [-0.25, -0.2) is 0 Å². The summed E-state index contributed by atoms with van der Waals surface area (Å²) in [7, 11) is 0. The second-order valence-electron chi connectivity index (χ2n) is 6.47. The van der Waals surface area contributed by atoms with E-state index in [4.69, 9.17) is 10.9 Å². The number of oxime groups is 1. The summed E-state index contributed by atoms with van der Waals surface area (Å²) in [6.45, 7) is 7.66. The number of hydrogen-bond donors (Lipinski definition) is 3. The summed E-state index contributed by atoms with van der Waals surface area (Å²) >= 11 is 0. The highest BCUT2D eigenvalue weighted by molar-refractivity contribution is 5.97. The van der Waals surface area contributed by atoms with Gasteiger partial charge in [0, 0.05) is 18.2 Å². The lowest BCUT2D eigenvalue weighted by Gasteiger charge is -2.32. The van der Waals surface area contributed by atoms with E-state index in [1.54, 1.807) is 0 Å². The molecule has 1 aliphatic rings. The first kappa shape index (κ1) is 15.8. The molecule has 3 atom stereocenters. The van der Waals surface area contributed by atoms with Gasteiger partial charge in [0.2, 0.25) is 0 Å². The average Bonchev–Trinajstić information content (AvgIpc) is 2.48. The van der Waals surface area contributed by atoms with E-state index < -0.39 is 0 Å². The molecular formula is C17H27N3O. The van der Waals surface area contributed by atoms with Gasteiger partial charge in [0.1, 0.15) is 0 Å². The van der Waals surface area contributed by atoms with Crippen molar-refractivity contribution in [1.29, 1.82) is 0 Å². The molecule has 1 saturated carbocycles. The van der Waals surface area contributed by atoms with Crippen LogP contribution in [0.3, 0.4) is 0 Å². The fraction of sp³-hybridized carbons (Fsp3) is 0.588. The minimum atomic E-state index is 0.160. The zero-order valence-corrected chi connectivity index (χ0v) is 13.3. The van der Waals surface area contributed by atoms with Crippen LogP contribution in [0, 0.1) is 18.8 Å². The Kier molecular flexibility index (Phi) is 5.23. The van der Waals surface area contributed by atoms with Crippen molar-refractivity contribution < 1.29 is 5.21 Å². The Hall–Kier alpha value is -1.55. The monoisotopic (exact) mass is 289 g/mol. The largest absolute Gasteiger partial charge is 0.409 e. The van der Waals surface area contributed by atoms with Gasteiger partial charge in [-0.05, 0) is 55.2 Å². The Morgan fingerprint density at radius 2 is 2.10 bits per heavy atom. The van der Waals surface area contributed by atoms with Crippen molar-refractivity contribution in [2.24, 2.45) is 22.7 Å². The van der Waals surface area contributed by atoms with Gasteiger partial charge in [-0.3, -0.25) is 0 Å². The molecule has 1 aromatic carbocycles. The summed E-state index contributed by atoms with van der Waals surface area (Å²) in [6, 6.07) is 6.56. The van der Waals surface area contributed by atoms with Crippen molar-refractivity contribution in [2.45, 2.75) is 52.6 Å². The van der Waals surface area contributed by atoms with Gasteiger partial charge in [0.05, 0.1) is 0 Å². The Balaban J connectivity index is 1.95. The fourth-order valence-electron chi connectivity index (χ4n) is 3.10. The van der Waals surface area contributed by atoms with Crippen LogP contribution in [-0.4, -0.2) is 17.1 Å². The van der Waals surface area contributed by atoms with Crippen molar-refractivity contribution in [3.05, 3.63) is 34.9 Å². The first-order valence-corrected chi connectivity index (χ1v) is 7.82. The molecule has 0 amide bonds. The molecule has 0 aliphatic heterocycles. The summed E-state index contributed by atoms with van der Waals surface area (Å²) in [4.78, 5) is 0. The molecule has 2 rings (SSSR count).